The number of hydrogen-bond acceptors (Lipinski definition) is 4. The predicted octanol–water partition coefficient (Wildman–Crippen LogP) is 1.88. The van der Waals surface area contributed by atoms with Crippen molar-refractivity contribution in [1.82, 2.24) is 25.0 Å². The molecule has 1 N–H and O–H groups in total. The first kappa shape index (κ1) is 15.9. The van der Waals surface area contributed by atoms with Crippen LogP contribution in [-0.4, -0.2) is 51.8 Å². The first-order valence-corrected chi connectivity index (χ1v) is 8.45. The molecule has 23 heavy (non-hydrogen) atoms. The Kier molecular flexibility index (Phi) is 4.91. The molecule has 1 aliphatic heterocycles. The summed E-state index contributed by atoms with van der Waals surface area (Å²) in [5, 5.41) is 8.27. The summed E-state index contributed by atoms with van der Waals surface area (Å²) in [6.07, 6.45) is 6.60. The van der Waals surface area contributed by atoms with Crippen LogP contribution < -0.4 is 5.32 Å². The average molecular weight is 315 g/mol. The van der Waals surface area contributed by atoms with E-state index in [4.69, 9.17) is 0 Å². The summed E-state index contributed by atoms with van der Waals surface area (Å²) in [6, 6.07) is 1.88. The maximum atomic E-state index is 12.3. The number of aromatic nitrogens is 3. The quantitative estimate of drug-likeness (QED) is 0.856. The van der Waals surface area contributed by atoms with Crippen molar-refractivity contribution in [3.63, 3.8) is 0 Å². The predicted molar refractivity (Wildman–Crippen MR) is 90.5 cm³/mol. The van der Waals surface area contributed by atoms with Crippen molar-refractivity contribution in [2.75, 3.05) is 26.2 Å². The smallest absolute Gasteiger partial charge is 0.252 e. The number of piperidine rings is 1. The molecule has 0 radical (unpaired) electrons. The SMILES string of the molecule is Cc1nn(C)c2ncc(C(=O)NCCCN3CCCCC3)cc12. The Morgan fingerprint density at radius 1 is 1.30 bits per heavy atom. The van der Waals surface area contributed by atoms with Gasteiger partial charge in [-0.2, -0.15) is 5.10 Å². The maximum Gasteiger partial charge on any atom is 0.252 e. The minimum Gasteiger partial charge on any atom is -0.352 e. The second-order valence-corrected chi connectivity index (χ2v) is 6.32. The van der Waals surface area contributed by atoms with E-state index in [9.17, 15) is 4.79 Å². The molecule has 3 heterocycles. The fourth-order valence-corrected chi connectivity index (χ4v) is 3.22. The summed E-state index contributed by atoms with van der Waals surface area (Å²) in [6.45, 7) is 6.12. The Morgan fingerprint density at radius 3 is 2.87 bits per heavy atom. The number of amides is 1. The van der Waals surface area contributed by atoms with Crippen LogP contribution in [0.25, 0.3) is 11.0 Å². The molecule has 6 nitrogen and oxygen atoms in total. The number of fused-ring (bicyclic) bond motifs is 1. The van der Waals surface area contributed by atoms with Gasteiger partial charge in [0, 0.05) is 25.2 Å². The molecule has 124 valence electrons. The molecule has 6 heteroatoms. The lowest BCUT2D eigenvalue weighted by molar-refractivity contribution is 0.0951. The molecule has 0 atom stereocenters. The Morgan fingerprint density at radius 2 is 2.09 bits per heavy atom. The lowest BCUT2D eigenvalue weighted by Gasteiger charge is -2.26. The summed E-state index contributed by atoms with van der Waals surface area (Å²) in [5.41, 5.74) is 2.31. The number of aryl methyl sites for hydroxylation is 2. The van der Waals surface area contributed by atoms with Crippen molar-refractivity contribution < 1.29 is 4.79 Å². The second-order valence-electron chi connectivity index (χ2n) is 6.32. The Hall–Kier alpha value is -1.95. The highest BCUT2D eigenvalue weighted by Crippen LogP contribution is 2.16. The van der Waals surface area contributed by atoms with E-state index < -0.39 is 0 Å². The van der Waals surface area contributed by atoms with E-state index in [1.165, 1.54) is 32.4 Å². The highest BCUT2D eigenvalue weighted by atomic mass is 16.1. The largest absolute Gasteiger partial charge is 0.352 e. The third kappa shape index (κ3) is 3.69. The molecule has 1 amide bonds. The highest BCUT2D eigenvalue weighted by Gasteiger charge is 2.12. The molecule has 3 rings (SSSR count). The number of nitrogens with one attached hydrogen (secondary N) is 1. The van der Waals surface area contributed by atoms with Crippen molar-refractivity contribution in [3.8, 4) is 0 Å². The van der Waals surface area contributed by atoms with Crippen LogP contribution in [0.2, 0.25) is 0 Å². The van der Waals surface area contributed by atoms with Crippen LogP contribution in [-0.2, 0) is 7.05 Å². The summed E-state index contributed by atoms with van der Waals surface area (Å²) in [4.78, 5) is 19.1. The van der Waals surface area contributed by atoms with E-state index in [0.717, 1.165) is 29.7 Å². The van der Waals surface area contributed by atoms with E-state index in [2.05, 4.69) is 20.3 Å². The van der Waals surface area contributed by atoms with Gasteiger partial charge in [-0.05, 0) is 51.9 Å². The van der Waals surface area contributed by atoms with E-state index in [1.807, 2.05) is 20.0 Å². The van der Waals surface area contributed by atoms with Crippen molar-refractivity contribution in [2.45, 2.75) is 32.6 Å². The lowest BCUT2D eigenvalue weighted by Crippen LogP contribution is -2.33. The molecular formula is C17H25N5O. The van der Waals surface area contributed by atoms with Gasteiger partial charge in [-0.15, -0.1) is 0 Å². The second kappa shape index (κ2) is 7.08. The Labute approximate surface area is 136 Å². The molecule has 0 saturated carbocycles. The zero-order valence-electron chi connectivity index (χ0n) is 14.0. The van der Waals surface area contributed by atoms with Crippen molar-refractivity contribution in [3.05, 3.63) is 23.5 Å². The zero-order valence-corrected chi connectivity index (χ0v) is 14.0. The van der Waals surface area contributed by atoms with Crippen molar-refractivity contribution in [2.24, 2.45) is 7.05 Å². The summed E-state index contributed by atoms with van der Waals surface area (Å²) >= 11 is 0. The molecule has 1 saturated heterocycles. The fraction of sp³-hybridized carbons (Fsp3) is 0.588. The van der Waals surface area contributed by atoms with Crippen molar-refractivity contribution >= 4 is 16.9 Å². The number of carbonyl (C=O) groups is 1. The molecule has 1 aliphatic rings. The van der Waals surface area contributed by atoms with Gasteiger partial charge in [-0.1, -0.05) is 6.42 Å². The molecule has 1 fully saturated rings. The first-order valence-electron chi connectivity index (χ1n) is 8.45. The van der Waals surface area contributed by atoms with E-state index in [0.29, 0.717) is 12.1 Å². The molecule has 0 aliphatic carbocycles. The standard InChI is InChI=1S/C17H25N5O/c1-13-15-11-14(12-19-16(15)21(2)20-13)17(23)18-7-6-10-22-8-4-3-5-9-22/h11-12H,3-10H2,1-2H3,(H,18,23). The number of rotatable bonds is 5. The third-order valence-electron chi connectivity index (χ3n) is 4.51. The van der Waals surface area contributed by atoms with Gasteiger partial charge in [-0.3, -0.25) is 9.48 Å². The van der Waals surface area contributed by atoms with Crippen LogP contribution in [0.1, 0.15) is 41.7 Å². The number of pyridine rings is 1. The van der Waals surface area contributed by atoms with Crippen LogP contribution in [0, 0.1) is 6.92 Å². The molecule has 2 aromatic heterocycles. The fourth-order valence-electron chi connectivity index (χ4n) is 3.22. The van der Waals surface area contributed by atoms with Crippen LogP contribution in [0.3, 0.4) is 0 Å². The van der Waals surface area contributed by atoms with Gasteiger partial charge in [0.05, 0.1) is 11.3 Å². The molecule has 0 spiro atoms. The first-order chi connectivity index (χ1) is 11.1. The van der Waals surface area contributed by atoms with E-state index >= 15 is 0 Å². The Bertz CT molecular complexity index is 688. The van der Waals surface area contributed by atoms with Gasteiger partial charge in [0.25, 0.3) is 5.91 Å². The number of hydrogen-bond donors (Lipinski definition) is 1. The van der Waals surface area contributed by atoms with E-state index in [1.54, 1.807) is 10.9 Å². The topological polar surface area (TPSA) is 63.1 Å². The van der Waals surface area contributed by atoms with Crippen LogP contribution in [0.4, 0.5) is 0 Å². The zero-order chi connectivity index (χ0) is 16.2. The minimum absolute atomic E-state index is 0.0544. The van der Waals surface area contributed by atoms with Crippen molar-refractivity contribution in [1.29, 1.82) is 0 Å². The van der Waals surface area contributed by atoms with Gasteiger partial charge in [0.1, 0.15) is 0 Å². The van der Waals surface area contributed by atoms with Gasteiger partial charge in [0.15, 0.2) is 5.65 Å². The van der Waals surface area contributed by atoms with Gasteiger partial charge in [0.2, 0.25) is 0 Å². The Balaban J connectivity index is 1.52. The maximum absolute atomic E-state index is 12.3. The molecule has 0 unspecified atom stereocenters. The van der Waals surface area contributed by atoms with Crippen LogP contribution in [0.5, 0.6) is 0 Å². The third-order valence-corrected chi connectivity index (χ3v) is 4.51. The summed E-state index contributed by atoms with van der Waals surface area (Å²) in [7, 11) is 1.86. The molecule has 0 aromatic carbocycles. The summed E-state index contributed by atoms with van der Waals surface area (Å²) in [5.74, 6) is -0.0544. The van der Waals surface area contributed by atoms with Gasteiger partial charge in [-0.25, -0.2) is 4.98 Å². The summed E-state index contributed by atoms with van der Waals surface area (Å²) < 4.78 is 1.74. The van der Waals surface area contributed by atoms with Gasteiger partial charge >= 0.3 is 0 Å². The molecule has 2 aromatic rings. The van der Waals surface area contributed by atoms with E-state index in [-0.39, 0.29) is 5.91 Å². The molecular weight excluding hydrogens is 290 g/mol. The normalized spacial score (nSPS) is 15.9. The average Bonchev–Trinajstić information content (AvgIpc) is 2.86. The number of carbonyl (C=O) groups excluding carboxylic acids is 1. The molecule has 0 bridgehead atoms. The minimum atomic E-state index is -0.0544. The highest BCUT2D eigenvalue weighted by molar-refractivity contribution is 5.97. The van der Waals surface area contributed by atoms with Crippen LogP contribution >= 0.6 is 0 Å². The van der Waals surface area contributed by atoms with Gasteiger partial charge < -0.3 is 10.2 Å². The lowest BCUT2D eigenvalue weighted by atomic mass is 10.1. The number of nitrogens with zero attached hydrogens (tertiary/aromatic N) is 4. The monoisotopic (exact) mass is 315 g/mol. The number of likely N-dealkylation sites (tertiary alicyclic amines) is 1. The van der Waals surface area contributed by atoms with Crippen LogP contribution in [0.15, 0.2) is 12.3 Å².